The first-order valence-corrected chi connectivity index (χ1v) is 3.60. The van der Waals surface area contributed by atoms with E-state index < -0.39 is 5.24 Å². The molecule has 2 N–H and O–H groups in total. The lowest BCUT2D eigenvalue weighted by molar-refractivity contribution is 0.108. The Morgan fingerprint density at radius 1 is 1.33 bits per heavy atom. The molecule has 0 aromatic heterocycles. The largest absolute Gasteiger partial charge is 0.326 e. The highest BCUT2D eigenvalue weighted by molar-refractivity contribution is 6.67. The summed E-state index contributed by atoms with van der Waals surface area (Å²) in [6, 6.07) is 6.90. The summed E-state index contributed by atoms with van der Waals surface area (Å²) in [5, 5.41) is -0.437. The van der Waals surface area contributed by atoms with Gasteiger partial charge in [-0.2, -0.15) is 0 Å². The lowest BCUT2D eigenvalue weighted by Crippen LogP contribution is -1.96. The molecule has 0 heterocycles. The molecule has 0 saturated heterocycles. The summed E-state index contributed by atoms with van der Waals surface area (Å²) in [6.45, 7) is 0.483. The average molecular weight is 206 g/mol. The van der Waals surface area contributed by atoms with E-state index in [1.165, 1.54) is 0 Å². The van der Waals surface area contributed by atoms with E-state index in [-0.39, 0.29) is 12.4 Å². The first-order chi connectivity index (χ1) is 5.24. The first kappa shape index (κ1) is 11.4. The third kappa shape index (κ3) is 2.81. The molecule has 0 unspecified atom stereocenters. The van der Waals surface area contributed by atoms with Crippen LogP contribution in [0.3, 0.4) is 0 Å². The van der Waals surface area contributed by atoms with E-state index in [4.69, 9.17) is 17.3 Å². The maximum Gasteiger partial charge on any atom is 0.252 e. The van der Waals surface area contributed by atoms with Gasteiger partial charge in [-0.1, -0.05) is 12.1 Å². The Bertz CT molecular complexity index is 258. The fourth-order valence-electron chi connectivity index (χ4n) is 0.772. The van der Waals surface area contributed by atoms with Crippen LogP contribution in [0.25, 0.3) is 0 Å². The number of hydrogen-bond acceptors (Lipinski definition) is 2. The van der Waals surface area contributed by atoms with Crippen LogP contribution in [-0.2, 0) is 6.54 Å². The van der Waals surface area contributed by atoms with E-state index in [2.05, 4.69) is 0 Å². The molecule has 0 bridgehead atoms. The quantitative estimate of drug-likeness (QED) is 0.751. The molecule has 0 aliphatic heterocycles. The summed E-state index contributed by atoms with van der Waals surface area (Å²) in [5.74, 6) is 0. The molecule has 0 aliphatic carbocycles. The van der Waals surface area contributed by atoms with Crippen LogP contribution >= 0.6 is 24.0 Å². The van der Waals surface area contributed by atoms with Gasteiger partial charge in [-0.05, 0) is 29.3 Å². The van der Waals surface area contributed by atoms with Crippen molar-refractivity contribution in [3.8, 4) is 0 Å². The van der Waals surface area contributed by atoms with Crippen LogP contribution < -0.4 is 5.73 Å². The third-order valence-corrected chi connectivity index (χ3v) is 1.63. The zero-order chi connectivity index (χ0) is 8.27. The number of hydrogen-bond donors (Lipinski definition) is 1. The van der Waals surface area contributed by atoms with Crippen LogP contribution in [0.5, 0.6) is 0 Å². The van der Waals surface area contributed by atoms with Gasteiger partial charge in [-0.15, -0.1) is 12.4 Å². The second-order valence-corrected chi connectivity index (χ2v) is 2.52. The number of nitrogens with two attached hydrogens (primary N) is 1. The van der Waals surface area contributed by atoms with E-state index in [0.717, 1.165) is 5.56 Å². The highest BCUT2D eigenvalue weighted by atomic mass is 35.5. The molecule has 0 amide bonds. The van der Waals surface area contributed by atoms with Gasteiger partial charge in [0.25, 0.3) is 5.24 Å². The summed E-state index contributed by atoms with van der Waals surface area (Å²) in [6.07, 6.45) is 0. The van der Waals surface area contributed by atoms with Crippen molar-refractivity contribution in [2.24, 2.45) is 5.73 Å². The van der Waals surface area contributed by atoms with E-state index >= 15 is 0 Å². The third-order valence-electron chi connectivity index (χ3n) is 1.42. The van der Waals surface area contributed by atoms with Crippen molar-refractivity contribution in [2.45, 2.75) is 6.54 Å². The van der Waals surface area contributed by atoms with Crippen molar-refractivity contribution < 1.29 is 4.79 Å². The Hall–Kier alpha value is -0.570. The zero-order valence-electron chi connectivity index (χ0n) is 6.29. The van der Waals surface area contributed by atoms with Gasteiger partial charge < -0.3 is 5.73 Å². The predicted octanol–water partition coefficient (Wildman–Crippen LogP) is 1.95. The minimum atomic E-state index is -0.437. The van der Waals surface area contributed by atoms with Gasteiger partial charge in [0.15, 0.2) is 0 Å². The molecule has 4 heteroatoms. The minimum Gasteiger partial charge on any atom is -0.326 e. The zero-order valence-corrected chi connectivity index (χ0v) is 7.86. The lowest BCUT2D eigenvalue weighted by atomic mass is 10.1. The normalized spacial score (nSPS) is 8.83. The molecule has 66 valence electrons. The topological polar surface area (TPSA) is 43.1 Å². The van der Waals surface area contributed by atoms with Crippen LogP contribution in [-0.4, -0.2) is 5.24 Å². The molecule has 0 aliphatic rings. The number of carbonyl (C=O) groups is 1. The van der Waals surface area contributed by atoms with E-state index in [0.29, 0.717) is 12.1 Å². The van der Waals surface area contributed by atoms with Crippen LogP contribution in [0, 0.1) is 0 Å². The highest BCUT2D eigenvalue weighted by Crippen LogP contribution is 2.05. The number of halogens is 2. The molecule has 0 spiro atoms. The number of benzene rings is 1. The summed E-state index contributed by atoms with van der Waals surface area (Å²) < 4.78 is 0. The Morgan fingerprint density at radius 3 is 2.17 bits per heavy atom. The maximum absolute atomic E-state index is 10.6. The highest BCUT2D eigenvalue weighted by Gasteiger charge is 1.98. The molecular formula is C8H9Cl2NO. The summed E-state index contributed by atoms with van der Waals surface area (Å²) in [4.78, 5) is 10.6. The molecule has 1 rings (SSSR count). The van der Waals surface area contributed by atoms with Gasteiger partial charge in [0.2, 0.25) is 0 Å². The van der Waals surface area contributed by atoms with Crippen LogP contribution in [0.4, 0.5) is 0 Å². The van der Waals surface area contributed by atoms with Crippen molar-refractivity contribution in [1.82, 2.24) is 0 Å². The van der Waals surface area contributed by atoms with Gasteiger partial charge in [-0.25, -0.2) is 0 Å². The second kappa shape index (κ2) is 5.14. The Labute approximate surface area is 82.1 Å². The Kier molecular flexibility index (Phi) is 4.90. The standard InChI is InChI=1S/C8H8ClNO.ClH/c9-8(11)7-3-1-6(5-10)2-4-7;/h1-4H,5,10H2;1H. The minimum absolute atomic E-state index is 0. The van der Waals surface area contributed by atoms with Crippen molar-refractivity contribution in [1.29, 1.82) is 0 Å². The van der Waals surface area contributed by atoms with Crippen LogP contribution in [0.2, 0.25) is 0 Å². The smallest absolute Gasteiger partial charge is 0.252 e. The number of carbonyl (C=O) groups excluding carboxylic acids is 1. The SMILES string of the molecule is Cl.NCc1ccc(C(=O)Cl)cc1. The predicted molar refractivity (Wildman–Crippen MR) is 51.8 cm³/mol. The van der Waals surface area contributed by atoms with E-state index in [9.17, 15) is 4.79 Å². The molecule has 0 saturated carbocycles. The van der Waals surface area contributed by atoms with Crippen molar-refractivity contribution >= 4 is 29.3 Å². The molecule has 0 atom stereocenters. The van der Waals surface area contributed by atoms with Crippen molar-refractivity contribution in [3.05, 3.63) is 35.4 Å². The summed E-state index contributed by atoms with van der Waals surface area (Å²) in [7, 11) is 0. The Morgan fingerprint density at radius 2 is 1.83 bits per heavy atom. The average Bonchev–Trinajstić information content (AvgIpc) is 2.05. The molecule has 0 fully saturated rings. The monoisotopic (exact) mass is 205 g/mol. The van der Waals surface area contributed by atoms with Gasteiger partial charge in [0, 0.05) is 12.1 Å². The fraction of sp³-hybridized carbons (Fsp3) is 0.125. The van der Waals surface area contributed by atoms with Crippen molar-refractivity contribution in [3.63, 3.8) is 0 Å². The van der Waals surface area contributed by atoms with Crippen LogP contribution in [0.15, 0.2) is 24.3 Å². The molecule has 1 aromatic rings. The van der Waals surface area contributed by atoms with E-state index in [1.54, 1.807) is 24.3 Å². The van der Waals surface area contributed by atoms with Crippen molar-refractivity contribution in [2.75, 3.05) is 0 Å². The number of rotatable bonds is 2. The summed E-state index contributed by atoms with van der Waals surface area (Å²) in [5.41, 5.74) is 6.85. The van der Waals surface area contributed by atoms with E-state index in [1.807, 2.05) is 0 Å². The molecule has 0 radical (unpaired) electrons. The van der Waals surface area contributed by atoms with Gasteiger partial charge in [0.1, 0.15) is 0 Å². The Balaban J connectivity index is 0.00000121. The van der Waals surface area contributed by atoms with Gasteiger partial charge in [0.05, 0.1) is 0 Å². The first-order valence-electron chi connectivity index (χ1n) is 3.23. The van der Waals surface area contributed by atoms with Gasteiger partial charge >= 0.3 is 0 Å². The molecule has 12 heavy (non-hydrogen) atoms. The van der Waals surface area contributed by atoms with Crippen LogP contribution in [0.1, 0.15) is 15.9 Å². The lowest BCUT2D eigenvalue weighted by Gasteiger charge is -1.96. The fourth-order valence-corrected chi connectivity index (χ4v) is 0.898. The molecular weight excluding hydrogens is 197 g/mol. The molecule has 1 aromatic carbocycles. The second-order valence-electron chi connectivity index (χ2n) is 2.17. The maximum atomic E-state index is 10.6. The van der Waals surface area contributed by atoms with Gasteiger partial charge in [-0.3, -0.25) is 4.79 Å². The molecule has 2 nitrogen and oxygen atoms in total. The summed E-state index contributed by atoms with van der Waals surface area (Å²) >= 11 is 5.23.